The Labute approximate surface area is 195 Å². The Hall–Kier alpha value is -2.73. The van der Waals surface area contributed by atoms with E-state index in [1.807, 2.05) is 18.2 Å². The minimum absolute atomic E-state index is 0.187. The predicted molar refractivity (Wildman–Crippen MR) is 134 cm³/mol. The molecule has 0 unspecified atom stereocenters. The van der Waals surface area contributed by atoms with E-state index in [0.29, 0.717) is 61.7 Å². The zero-order valence-corrected chi connectivity index (χ0v) is 19.3. The molecule has 2 fully saturated rings. The van der Waals surface area contributed by atoms with Crippen molar-refractivity contribution in [3.63, 3.8) is 0 Å². The molecule has 0 saturated carbocycles. The maximum atomic E-state index is 13.4. The van der Waals surface area contributed by atoms with Crippen LogP contribution in [0.1, 0.15) is 12.8 Å². The van der Waals surface area contributed by atoms with Gasteiger partial charge in [0.1, 0.15) is 16.4 Å². The third-order valence-corrected chi connectivity index (χ3v) is 7.07. The highest BCUT2D eigenvalue weighted by Crippen LogP contribution is 2.36. The van der Waals surface area contributed by atoms with Crippen molar-refractivity contribution in [2.75, 3.05) is 68.0 Å². The van der Waals surface area contributed by atoms with E-state index in [9.17, 15) is 4.79 Å². The van der Waals surface area contributed by atoms with E-state index in [0.717, 1.165) is 41.8 Å². The second-order valence-electron chi connectivity index (χ2n) is 8.29. The third kappa shape index (κ3) is 4.81. The molecule has 0 amide bonds. The second kappa shape index (κ2) is 10.0. The van der Waals surface area contributed by atoms with Crippen LogP contribution in [0.15, 0.2) is 23.0 Å². The van der Waals surface area contributed by atoms with Crippen LogP contribution >= 0.6 is 11.3 Å². The number of rotatable bonds is 7. The van der Waals surface area contributed by atoms with E-state index in [2.05, 4.69) is 25.8 Å². The topological polar surface area (TPSA) is 133 Å². The summed E-state index contributed by atoms with van der Waals surface area (Å²) in [6.07, 6.45) is 2.12. The number of fused-ring (bicyclic) bond motifs is 1. The summed E-state index contributed by atoms with van der Waals surface area (Å²) in [6.45, 7) is 5.71. The number of aromatic nitrogens is 3. The fourth-order valence-electron chi connectivity index (χ4n) is 4.26. The van der Waals surface area contributed by atoms with Crippen LogP contribution in [0, 0.1) is 0 Å². The van der Waals surface area contributed by atoms with Crippen LogP contribution in [-0.2, 0) is 4.74 Å². The first kappa shape index (κ1) is 22.1. The number of hydrogen-bond donors (Lipinski definition) is 5. The first-order chi connectivity index (χ1) is 16.2. The molecule has 3 aromatic rings. The maximum absolute atomic E-state index is 13.4. The summed E-state index contributed by atoms with van der Waals surface area (Å²) in [7, 11) is 0. The average molecular weight is 471 g/mol. The van der Waals surface area contributed by atoms with Gasteiger partial charge in [-0.15, -0.1) is 11.3 Å². The SMILES string of the molecule is NCCNc1cccc2nc(-c3c(N[C@@H]4CCCNC4)nc(N4CCOCC4)[nH]c3=O)sc12. The Kier molecular flexibility index (Phi) is 6.72. The first-order valence-electron chi connectivity index (χ1n) is 11.5. The van der Waals surface area contributed by atoms with Gasteiger partial charge in [-0.25, -0.2) is 4.98 Å². The molecule has 4 heterocycles. The molecule has 10 nitrogen and oxygen atoms in total. The molecule has 2 saturated heterocycles. The minimum atomic E-state index is -0.187. The lowest BCUT2D eigenvalue weighted by Gasteiger charge is -2.29. The van der Waals surface area contributed by atoms with Crippen molar-refractivity contribution in [2.24, 2.45) is 5.73 Å². The number of benzene rings is 1. The fourth-order valence-corrected chi connectivity index (χ4v) is 5.36. The standard InChI is InChI=1S/C22H30N8O2S/c23-6-8-25-15-4-1-5-16-18(15)33-21(27-16)17-19(26-14-3-2-7-24-13-14)28-22(29-20(17)31)30-9-11-32-12-10-30/h1,4-5,14,24-25H,2-3,6-13,23H2,(H2,26,28,29,31)/t14-/m1/s1. The Morgan fingerprint density at radius 1 is 1.27 bits per heavy atom. The summed E-state index contributed by atoms with van der Waals surface area (Å²) in [6, 6.07) is 6.14. The van der Waals surface area contributed by atoms with Gasteiger partial charge in [0.05, 0.1) is 29.1 Å². The Morgan fingerprint density at radius 2 is 2.15 bits per heavy atom. The minimum Gasteiger partial charge on any atom is -0.383 e. The average Bonchev–Trinajstić information content (AvgIpc) is 3.28. The quantitative estimate of drug-likeness (QED) is 0.348. The summed E-state index contributed by atoms with van der Waals surface area (Å²) >= 11 is 1.50. The van der Waals surface area contributed by atoms with Gasteiger partial charge in [0, 0.05) is 38.8 Å². The smallest absolute Gasteiger partial charge is 0.264 e. The highest BCUT2D eigenvalue weighted by atomic mass is 32.1. The van der Waals surface area contributed by atoms with Crippen molar-refractivity contribution in [3.05, 3.63) is 28.6 Å². The van der Waals surface area contributed by atoms with E-state index in [1.54, 1.807) is 0 Å². The van der Waals surface area contributed by atoms with Crippen LogP contribution in [0.5, 0.6) is 0 Å². The number of nitrogens with one attached hydrogen (secondary N) is 4. The van der Waals surface area contributed by atoms with Gasteiger partial charge in [0.2, 0.25) is 5.95 Å². The zero-order valence-electron chi connectivity index (χ0n) is 18.5. The summed E-state index contributed by atoms with van der Waals surface area (Å²) in [5.41, 5.74) is 7.79. The molecule has 0 radical (unpaired) electrons. The molecule has 0 aliphatic carbocycles. The number of thiazole rings is 1. The Morgan fingerprint density at radius 3 is 2.94 bits per heavy atom. The van der Waals surface area contributed by atoms with Crippen LogP contribution in [0.25, 0.3) is 20.8 Å². The molecule has 6 N–H and O–H groups in total. The largest absolute Gasteiger partial charge is 0.383 e. The number of morpholine rings is 1. The van der Waals surface area contributed by atoms with E-state index < -0.39 is 0 Å². The van der Waals surface area contributed by atoms with Crippen LogP contribution < -0.4 is 32.1 Å². The monoisotopic (exact) mass is 470 g/mol. The van der Waals surface area contributed by atoms with Gasteiger partial charge < -0.3 is 31.3 Å². The molecule has 2 aliphatic rings. The number of ether oxygens (including phenoxy) is 1. The van der Waals surface area contributed by atoms with Crippen molar-refractivity contribution in [2.45, 2.75) is 18.9 Å². The third-order valence-electron chi connectivity index (χ3n) is 5.94. The van der Waals surface area contributed by atoms with Gasteiger partial charge in [-0.2, -0.15) is 4.98 Å². The Balaban J connectivity index is 1.57. The molecule has 5 rings (SSSR count). The molecular formula is C22H30N8O2S. The summed E-state index contributed by atoms with van der Waals surface area (Å²) in [4.78, 5) is 28.2. The van der Waals surface area contributed by atoms with Gasteiger partial charge in [0.15, 0.2) is 0 Å². The molecule has 1 atom stereocenters. The molecule has 33 heavy (non-hydrogen) atoms. The van der Waals surface area contributed by atoms with E-state index in [4.69, 9.17) is 20.4 Å². The number of hydrogen-bond acceptors (Lipinski definition) is 10. The normalized spacial score (nSPS) is 19.1. The maximum Gasteiger partial charge on any atom is 0.264 e. The summed E-state index contributed by atoms with van der Waals surface area (Å²) in [5, 5.41) is 11.0. The lowest BCUT2D eigenvalue weighted by Crippen LogP contribution is -2.40. The predicted octanol–water partition coefficient (Wildman–Crippen LogP) is 1.42. The molecule has 176 valence electrons. The van der Waals surface area contributed by atoms with E-state index in [1.165, 1.54) is 11.3 Å². The van der Waals surface area contributed by atoms with E-state index >= 15 is 0 Å². The molecule has 0 spiro atoms. The van der Waals surface area contributed by atoms with Crippen molar-refractivity contribution in [3.8, 4) is 10.6 Å². The Bertz CT molecular complexity index is 1150. The fraction of sp³-hybridized carbons (Fsp3) is 0.500. The van der Waals surface area contributed by atoms with Crippen LogP contribution in [0.3, 0.4) is 0 Å². The number of nitrogens with zero attached hydrogens (tertiary/aromatic N) is 3. The van der Waals surface area contributed by atoms with Crippen molar-refractivity contribution >= 4 is 39.0 Å². The number of aromatic amines is 1. The number of piperidine rings is 1. The van der Waals surface area contributed by atoms with Crippen molar-refractivity contribution in [1.82, 2.24) is 20.3 Å². The van der Waals surface area contributed by atoms with Crippen LogP contribution in [0.4, 0.5) is 17.5 Å². The molecule has 2 aromatic heterocycles. The van der Waals surface area contributed by atoms with Crippen molar-refractivity contribution < 1.29 is 4.74 Å². The molecule has 1 aromatic carbocycles. The van der Waals surface area contributed by atoms with Gasteiger partial charge in [-0.3, -0.25) is 9.78 Å². The van der Waals surface area contributed by atoms with Gasteiger partial charge >= 0.3 is 0 Å². The number of nitrogens with two attached hydrogens (primary N) is 1. The van der Waals surface area contributed by atoms with Gasteiger partial charge in [-0.05, 0) is 31.5 Å². The second-order valence-corrected chi connectivity index (χ2v) is 9.29. The lowest BCUT2D eigenvalue weighted by molar-refractivity contribution is 0.122. The highest BCUT2D eigenvalue weighted by Gasteiger charge is 2.24. The molecule has 2 aliphatic heterocycles. The van der Waals surface area contributed by atoms with Crippen LogP contribution in [0.2, 0.25) is 0 Å². The number of H-pyrrole nitrogens is 1. The first-order valence-corrected chi connectivity index (χ1v) is 12.3. The van der Waals surface area contributed by atoms with E-state index in [-0.39, 0.29) is 11.6 Å². The lowest BCUT2D eigenvalue weighted by atomic mass is 10.1. The summed E-state index contributed by atoms with van der Waals surface area (Å²) in [5.74, 6) is 1.16. The van der Waals surface area contributed by atoms with Crippen LogP contribution in [-0.4, -0.2) is 73.5 Å². The molecule has 0 bridgehead atoms. The highest BCUT2D eigenvalue weighted by molar-refractivity contribution is 7.22. The molecule has 11 heteroatoms. The van der Waals surface area contributed by atoms with Gasteiger partial charge in [-0.1, -0.05) is 6.07 Å². The van der Waals surface area contributed by atoms with Gasteiger partial charge in [0.25, 0.3) is 5.56 Å². The molecular weight excluding hydrogens is 440 g/mol. The van der Waals surface area contributed by atoms with Crippen molar-refractivity contribution in [1.29, 1.82) is 0 Å². The zero-order chi connectivity index (χ0) is 22.6. The number of anilines is 3. The summed E-state index contributed by atoms with van der Waals surface area (Å²) < 4.78 is 6.46.